The highest BCUT2D eigenvalue weighted by atomic mass is 79.9. The summed E-state index contributed by atoms with van der Waals surface area (Å²) < 4.78 is 28.3. The van der Waals surface area contributed by atoms with Crippen LogP contribution in [0.2, 0.25) is 0 Å². The summed E-state index contributed by atoms with van der Waals surface area (Å²) in [5, 5.41) is -3.48. The van der Waals surface area contributed by atoms with Gasteiger partial charge in [0.1, 0.15) is 22.3 Å². The Morgan fingerprint density at radius 3 is 2.44 bits per heavy atom. The van der Waals surface area contributed by atoms with Gasteiger partial charge in [0.15, 0.2) is 0 Å². The van der Waals surface area contributed by atoms with E-state index in [0.717, 1.165) is 5.69 Å². The molecule has 2 heterocycles. The zero-order valence-corrected chi connectivity index (χ0v) is 12.4. The number of alkyl halides is 3. The number of imidazole rings is 1. The highest BCUT2D eigenvalue weighted by Crippen LogP contribution is 2.33. The van der Waals surface area contributed by atoms with Crippen molar-refractivity contribution in [3.63, 3.8) is 0 Å². The van der Waals surface area contributed by atoms with E-state index in [9.17, 15) is 8.78 Å². The maximum absolute atomic E-state index is 13.0. The Labute approximate surface area is 116 Å². The molecule has 0 aromatic carbocycles. The van der Waals surface area contributed by atoms with E-state index in [-0.39, 0.29) is 5.41 Å². The van der Waals surface area contributed by atoms with E-state index < -0.39 is 11.1 Å². The third-order valence-electron chi connectivity index (χ3n) is 2.46. The molecule has 0 saturated heterocycles. The molecule has 0 fully saturated rings. The van der Waals surface area contributed by atoms with Crippen molar-refractivity contribution in [3.05, 3.63) is 28.4 Å². The Morgan fingerprint density at radius 2 is 1.94 bits per heavy atom. The molecule has 7 heteroatoms. The van der Waals surface area contributed by atoms with Crippen LogP contribution in [0.3, 0.4) is 0 Å². The Balaban J connectivity index is 2.67. The molecule has 0 aliphatic heterocycles. The lowest BCUT2D eigenvalue weighted by atomic mass is 9.93. The maximum Gasteiger partial charge on any atom is 0.364 e. The number of aromatic nitrogens is 3. The number of hydrogen-bond donors (Lipinski definition) is 0. The fourth-order valence-corrected chi connectivity index (χ4v) is 2.61. The minimum Gasteiger partial charge on any atom is -0.277 e. The summed E-state index contributed by atoms with van der Waals surface area (Å²) in [7, 11) is 0. The van der Waals surface area contributed by atoms with Gasteiger partial charge >= 0.3 is 5.38 Å². The van der Waals surface area contributed by atoms with Gasteiger partial charge in [-0.2, -0.15) is 8.78 Å². The van der Waals surface area contributed by atoms with Crippen molar-refractivity contribution in [2.45, 2.75) is 31.6 Å². The molecule has 0 atom stereocenters. The number of hydrogen-bond acceptors (Lipinski definition) is 2. The molecular formula is C11H11BrClF2N3. The highest BCUT2D eigenvalue weighted by Gasteiger charge is 2.31. The third kappa shape index (κ3) is 2.36. The van der Waals surface area contributed by atoms with Crippen molar-refractivity contribution in [3.8, 4) is 0 Å². The first-order valence-electron chi connectivity index (χ1n) is 5.22. The van der Waals surface area contributed by atoms with E-state index in [4.69, 9.17) is 11.6 Å². The molecule has 3 nitrogen and oxygen atoms in total. The molecule has 0 aliphatic rings. The van der Waals surface area contributed by atoms with E-state index in [1.807, 2.05) is 20.8 Å². The summed E-state index contributed by atoms with van der Waals surface area (Å²) in [4.78, 5) is 7.99. The van der Waals surface area contributed by atoms with E-state index in [1.54, 1.807) is 4.40 Å². The summed E-state index contributed by atoms with van der Waals surface area (Å²) in [6.45, 7) is 5.97. The summed E-state index contributed by atoms with van der Waals surface area (Å²) >= 11 is 8.35. The zero-order chi connectivity index (χ0) is 13.7. The topological polar surface area (TPSA) is 30.2 Å². The summed E-state index contributed by atoms with van der Waals surface area (Å²) in [5.74, 6) is 0. The first-order valence-corrected chi connectivity index (χ1v) is 6.39. The number of rotatable bonds is 1. The summed E-state index contributed by atoms with van der Waals surface area (Å²) in [6, 6.07) is 1.19. The van der Waals surface area contributed by atoms with Crippen LogP contribution in [0.15, 0.2) is 17.0 Å². The Morgan fingerprint density at radius 1 is 1.33 bits per heavy atom. The maximum atomic E-state index is 13.0. The van der Waals surface area contributed by atoms with Crippen LogP contribution in [0.1, 0.15) is 32.2 Å². The SMILES string of the molecule is CC(C)(C)c1nc2cc(C(F)(F)Cl)ncn2c1Br. The molecule has 0 amide bonds. The van der Waals surface area contributed by atoms with Gasteiger partial charge in [-0.15, -0.1) is 0 Å². The molecular weight excluding hydrogens is 327 g/mol. The summed E-state index contributed by atoms with van der Waals surface area (Å²) in [6.07, 6.45) is 1.28. The van der Waals surface area contributed by atoms with Crippen LogP contribution in [0.5, 0.6) is 0 Å². The van der Waals surface area contributed by atoms with Crippen LogP contribution in [-0.2, 0) is 10.8 Å². The average molecular weight is 339 g/mol. The van der Waals surface area contributed by atoms with Gasteiger partial charge in [-0.05, 0) is 27.5 Å². The predicted molar refractivity (Wildman–Crippen MR) is 69.1 cm³/mol. The first kappa shape index (κ1) is 13.7. The van der Waals surface area contributed by atoms with Crippen molar-refractivity contribution in [2.75, 3.05) is 0 Å². The Bertz CT molecular complexity index is 599. The molecule has 0 spiro atoms. The van der Waals surface area contributed by atoms with Gasteiger partial charge in [-0.3, -0.25) is 4.40 Å². The van der Waals surface area contributed by atoms with Gasteiger partial charge in [-0.1, -0.05) is 20.8 Å². The Kier molecular flexibility index (Phi) is 3.14. The molecule has 0 bridgehead atoms. The van der Waals surface area contributed by atoms with Crippen molar-refractivity contribution < 1.29 is 8.78 Å². The minimum atomic E-state index is -3.48. The summed E-state index contributed by atoms with van der Waals surface area (Å²) in [5.41, 5.74) is 0.459. The molecule has 0 unspecified atom stereocenters. The van der Waals surface area contributed by atoms with Gasteiger partial charge in [0, 0.05) is 11.5 Å². The van der Waals surface area contributed by atoms with Gasteiger partial charge in [0.2, 0.25) is 0 Å². The molecule has 0 saturated carbocycles. The first-order chi connectivity index (χ1) is 8.10. The fourth-order valence-electron chi connectivity index (χ4n) is 1.55. The van der Waals surface area contributed by atoms with Crippen LogP contribution in [-0.4, -0.2) is 14.4 Å². The second-order valence-corrected chi connectivity index (χ2v) is 6.23. The van der Waals surface area contributed by atoms with Crippen LogP contribution >= 0.6 is 27.5 Å². The number of fused-ring (bicyclic) bond motifs is 1. The second kappa shape index (κ2) is 4.13. The predicted octanol–water partition coefficient (Wildman–Crippen LogP) is 4.08. The van der Waals surface area contributed by atoms with Crippen LogP contribution < -0.4 is 0 Å². The third-order valence-corrected chi connectivity index (χ3v) is 3.41. The molecule has 2 aromatic heterocycles. The largest absolute Gasteiger partial charge is 0.364 e. The van der Waals surface area contributed by atoms with E-state index in [2.05, 4.69) is 25.9 Å². The quantitative estimate of drug-likeness (QED) is 0.734. The normalized spacial score (nSPS) is 13.3. The second-order valence-electron chi connectivity index (χ2n) is 5.00. The monoisotopic (exact) mass is 337 g/mol. The van der Waals surface area contributed by atoms with Crippen molar-refractivity contribution in [1.82, 2.24) is 14.4 Å². The fraction of sp³-hybridized carbons (Fsp3) is 0.455. The van der Waals surface area contributed by atoms with Gasteiger partial charge in [0.25, 0.3) is 0 Å². The van der Waals surface area contributed by atoms with E-state index in [1.165, 1.54) is 12.4 Å². The standard InChI is InChI=1S/C11H11BrClF2N3/c1-10(2,3)8-9(12)18-5-16-6(11(13,14)15)4-7(18)17-8/h4-5H,1-3H3. The molecule has 18 heavy (non-hydrogen) atoms. The van der Waals surface area contributed by atoms with Crippen molar-refractivity contribution >= 4 is 33.2 Å². The number of nitrogens with zero attached hydrogens (tertiary/aromatic N) is 3. The van der Waals surface area contributed by atoms with Crippen LogP contribution in [0.4, 0.5) is 8.78 Å². The van der Waals surface area contributed by atoms with Crippen molar-refractivity contribution in [1.29, 1.82) is 0 Å². The van der Waals surface area contributed by atoms with E-state index in [0.29, 0.717) is 10.3 Å². The molecule has 2 aromatic rings. The zero-order valence-electron chi connectivity index (χ0n) is 10.0. The Hall–Kier alpha value is -0.750. The molecule has 0 aliphatic carbocycles. The molecule has 0 radical (unpaired) electrons. The minimum absolute atomic E-state index is 0.200. The van der Waals surface area contributed by atoms with Gasteiger partial charge < -0.3 is 0 Å². The lowest BCUT2D eigenvalue weighted by Crippen LogP contribution is -2.12. The van der Waals surface area contributed by atoms with E-state index >= 15 is 0 Å². The van der Waals surface area contributed by atoms with Crippen LogP contribution in [0.25, 0.3) is 5.65 Å². The molecule has 2 rings (SSSR count). The van der Waals surface area contributed by atoms with Gasteiger partial charge in [0.05, 0.1) is 5.69 Å². The number of halogens is 4. The highest BCUT2D eigenvalue weighted by molar-refractivity contribution is 9.10. The lowest BCUT2D eigenvalue weighted by molar-refractivity contribution is 0.0899. The molecule has 98 valence electrons. The average Bonchev–Trinajstić information content (AvgIpc) is 2.54. The van der Waals surface area contributed by atoms with Crippen molar-refractivity contribution in [2.24, 2.45) is 0 Å². The van der Waals surface area contributed by atoms with Crippen LogP contribution in [0, 0.1) is 0 Å². The molecule has 0 N–H and O–H groups in total. The lowest BCUT2D eigenvalue weighted by Gasteiger charge is -2.15. The van der Waals surface area contributed by atoms with Gasteiger partial charge in [-0.25, -0.2) is 9.97 Å². The smallest absolute Gasteiger partial charge is 0.277 e.